The molecule has 0 radical (unpaired) electrons. The third-order valence-electron chi connectivity index (χ3n) is 3.19. The molecule has 17 heavy (non-hydrogen) atoms. The van der Waals surface area contributed by atoms with Crippen molar-refractivity contribution in [2.24, 2.45) is 5.92 Å². The van der Waals surface area contributed by atoms with Gasteiger partial charge in [-0.2, -0.15) is 0 Å². The molecule has 2 N–H and O–H groups in total. The van der Waals surface area contributed by atoms with Crippen LogP contribution >= 0.6 is 0 Å². The molecule has 1 aliphatic rings. The summed E-state index contributed by atoms with van der Waals surface area (Å²) in [5.41, 5.74) is 1.03. The Balaban J connectivity index is 1.85. The average Bonchev–Trinajstić information content (AvgIpc) is 2.32. The summed E-state index contributed by atoms with van der Waals surface area (Å²) in [6.45, 7) is 2.07. The molecule has 5 heteroatoms. The standard InChI is InChI=1S/C12H18N4O/c1-3-9-6-11(15-7-14-9)16-10-4-8(5-10)12(17)13-2/h6-8,10H,3-5H2,1-2H3,(H,13,17)(H,14,15,16). The zero-order chi connectivity index (χ0) is 12.3. The van der Waals surface area contributed by atoms with E-state index >= 15 is 0 Å². The van der Waals surface area contributed by atoms with Crippen molar-refractivity contribution in [1.82, 2.24) is 15.3 Å². The fraction of sp³-hybridized carbons (Fsp3) is 0.583. The van der Waals surface area contributed by atoms with E-state index in [1.54, 1.807) is 13.4 Å². The van der Waals surface area contributed by atoms with Crippen molar-refractivity contribution in [3.05, 3.63) is 18.1 Å². The molecule has 0 aromatic carbocycles. The Labute approximate surface area is 101 Å². The summed E-state index contributed by atoms with van der Waals surface area (Å²) < 4.78 is 0. The maximum absolute atomic E-state index is 11.3. The number of nitrogens with zero attached hydrogens (tertiary/aromatic N) is 2. The maximum atomic E-state index is 11.3. The zero-order valence-electron chi connectivity index (χ0n) is 10.2. The second-order valence-corrected chi connectivity index (χ2v) is 4.37. The first-order valence-corrected chi connectivity index (χ1v) is 6.02. The van der Waals surface area contributed by atoms with Gasteiger partial charge in [-0.3, -0.25) is 4.79 Å². The molecule has 1 aromatic heterocycles. The first-order chi connectivity index (χ1) is 8.22. The smallest absolute Gasteiger partial charge is 0.223 e. The largest absolute Gasteiger partial charge is 0.367 e. The summed E-state index contributed by atoms with van der Waals surface area (Å²) in [6, 6.07) is 2.32. The summed E-state index contributed by atoms with van der Waals surface area (Å²) in [5, 5.41) is 6.01. The number of aromatic nitrogens is 2. The zero-order valence-corrected chi connectivity index (χ0v) is 10.2. The van der Waals surface area contributed by atoms with Gasteiger partial charge >= 0.3 is 0 Å². The number of aryl methyl sites for hydroxylation is 1. The Bertz CT molecular complexity index is 401. The van der Waals surface area contributed by atoms with Gasteiger partial charge in [0.1, 0.15) is 12.1 Å². The number of nitrogens with one attached hydrogen (secondary N) is 2. The molecule has 0 aliphatic heterocycles. The SMILES string of the molecule is CCc1cc(NC2CC(C(=O)NC)C2)ncn1. The molecule has 0 bridgehead atoms. The Morgan fingerprint density at radius 3 is 2.88 bits per heavy atom. The normalized spacial score (nSPS) is 22.7. The molecule has 0 unspecified atom stereocenters. The summed E-state index contributed by atoms with van der Waals surface area (Å²) in [5.74, 6) is 1.15. The van der Waals surface area contributed by atoms with Gasteiger partial charge in [-0.15, -0.1) is 0 Å². The predicted octanol–water partition coefficient (Wildman–Crippen LogP) is 0.975. The number of amides is 1. The number of hydrogen-bond donors (Lipinski definition) is 2. The minimum absolute atomic E-state index is 0.139. The second kappa shape index (κ2) is 5.12. The number of rotatable bonds is 4. The molecule has 0 spiro atoms. The number of carbonyl (C=O) groups excluding carboxylic acids is 1. The molecule has 1 amide bonds. The summed E-state index contributed by atoms with van der Waals surface area (Å²) in [7, 11) is 1.68. The topological polar surface area (TPSA) is 66.9 Å². The van der Waals surface area contributed by atoms with Crippen LogP contribution in [-0.2, 0) is 11.2 Å². The van der Waals surface area contributed by atoms with Gasteiger partial charge in [0.15, 0.2) is 0 Å². The van der Waals surface area contributed by atoms with E-state index in [9.17, 15) is 4.79 Å². The van der Waals surface area contributed by atoms with Gasteiger partial charge in [-0.25, -0.2) is 9.97 Å². The van der Waals surface area contributed by atoms with Gasteiger partial charge in [-0.1, -0.05) is 6.92 Å². The van der Waals surface area contributed by atoms with E-state index in [0.29, 0.717) is 6.04 Å². The lowest BCUT2D eigenvalue weighted by atomic mass is 9.79. The van der Waals surface area contributed by atoms with Crippen LogP contribution in [0.3, 0.4) is 0 Å². The Kier molecular flexibility index (Phi) is 3.56. The van der Waals surface area contributed by atoms with Crippen LogP contribution in [0.2, 0.25) is 0 Å². The minimum atomic E-state index is 0.139. The lowest BCUT2D eigenvalue weighted by Gasteiger charge is -2.34. The number of carbonyl (C=O) groups is 1. The summed E-state index contributed by atoms with van der Waals surface area (Å²) in [4.78, 5) is 19.7. The lowest BCUT2D eigenvalue weighted by Crippen LogP contribution is -2.43. The predicted molar refractivity (Wildman–Crippen MR) is 65.6 cm³/mol. The van der Waals surface area contributed by atoms with E-state index in [1.807, 2.05) is 6.07 Å². The van der Waals surface area contributed by atoms with Crippen LogP contribution in [0.5, 0.6) is 0 Å². The van der Waals surface area contributed by atoms with Gasteiger partial charge in [-0.05, 0) is 19.3 Å². The highest BCUT2D eigenvalue weighted by atomic mass is 16.1. The Morgan fingerprint density at radius 1 is 1.47 bits per heavy atom. The van der Waals surface area contributed by atoms with Crippen LogP contribution in [0, 0.1) is 5.92 Å². The van der Waals surface area contributed by atoms with Crippen molar-refractivity contribution in [2.75, 3.05) is 12.4 Å². The van der Waals surface area contributed by atoms with Crippen LogP contribution in [-0.4, -0.2) is 29.0 Å². The van der Waals surface area contributed by atoms with Gasteiger partial charge in [0.25, 0.3) is 0 Å². The molecular weight excluding hydrogens is 216 g/mol. The Morgan fingerprint density at radius 2 is 2.24 bits per heavy atom. The van der Waals surface area contributed by atoms with E-state index < -0.39 is 0 Å². The molecule has 1 aliphatic carbocycles. The van der Waals surface area contributed by atoms with Crippen LogP contribution in [0.25, 0.3) is 0 Å². The van der Waals surface area contributed by atoms with Crippen LogP contribution in [0.4, 0.5) is 5.82 Å². The molecule has 1 fully saturated rings. The molecular formula is C12H18N4O. The molecule has 1 heterocycles. The van der Waals surface area contributed by atoms with Crippen LogP contribution < -0.4 is 10.6 Å². The third-order valence-corrected chi connectivity index (χ3v) is 3.19. The molecule has 2 rings (SSSR count). The average molecular weight is 234 g/mol. The number of hydrogen-bond acceptors (Lipinski definition) is 4. The van der Waals surface area contributed by atoms with E-state index in [-0.39, 0.29) is 11.8 Å². The maximum Gasteiger partial charge on any atom is 0.223 e. The lowest BCUT2D eigenvalue weighted by molar-refractivity contribution is -0.127. The van der Waals surface area contributed by atoms with Crippen molar-refractivity contribution in [1.29, 1.82) is 0 Å². The van der Waals surface area contributed by atoms with Crippen LogP contribution in [0.15, 0.2) is 12.4 Å². The van der Waals surface area contributed by atoms with Gasteiger partial charge < -0.3 is 10.6 Å². The van der Waals surface area contributed by atoms with Gasteiger partial charge in [0.2, 0.25) is 5.91 Å². The molecule has 0 atom stereocenters. The Hall–Kier alpha value is -1.65. The highest BCUT2D eigenvalue weighted by Crippen LogP contribution is 2.29. The number of anilines is 1. The first kappa shape index (κ1) is 11.8. The van der Waals surface area contributed by atoms with Crippen LogP contribution in [0.1, 0.15) is 25.5 Å². The van der Waals surface area contributed by atoms with E-state index in [4.69, 9.17) is 0 Å². The van der Waals surface area contributed by atoms with Gasteiger partial charge in [0.05, 0.1) is 0 Å². The summed E-state index contributed by atoms with van der Waals surface area (Å²) >= 11 is 0. The molecule has 92 valence electrons. The quantitative estimate of drug-likeness (QED) is 0.815. The molecule has 1 saturated carbocycles. The molecule has 0 saturated heterocycles. The monoisotopic (exact) mass is 234 g/mol. The van der Waals surface area contributed by atoms with Crippen molar-refractivity contribution < 1.29 is 4.79 Å². The highest BCUT2D eigenvalue weighted by Gasteiger charge is 2.33. The fourth-order valence-electron chi connectivity index (χ4n) is 2.03. The van der Waals surface area contributed by atoms with Gasteiger partial charge in [0, 0.05) is 30.8 Å². The third kappa shape index (κ3) is 2.72. The second-order valence-electron chi connectivity index (χ2n) is 4.37. The van der Waals surface area contributed by atoms with Crippen molar-refractivity contribution >= 4 is 11.7 Å². The molecule has 5 nitrogen and oxygen atoms in total. The molecule has 1 aromatic rings. The first-order valence-electron chi connectivity index (χ1n) is 6.02. The summed E-state index contributed by atoms with van der Waals surface area (Å²) in [6.07, 6.45) is 4.25. The van der Waals surface area contributed by atoms with Crippen molar-refractivity contribution in [3.8, 4) is 0 Å². The fourth-order valence-corrected chi connectivity index (χ4v) is 2.03. The van der Waals surface area contributed by atoms with E-state index in [0.717, 1.165) is 30.8 Å². The minimum Gasteiger partial charge on any atom is -0.367 e. The van der Waals surface area contributed by atoms with Crippen molar-refractivity contribution in [3.63, 3.8) is 0 Å². The van der Waals surface area contributed by atoms with E-state index in [2.05, 4.69) is 27.5 Å². The van der Waals surface area contributed by atoms with Crippen molar-refractivity contribution in [2.45, 2.75) is 32.2 Å². The highest BCUT2D eigenvalue weighted by molar-refractivity contribution is 5.79. The van der Waals surface area contributed by atoms with E-state index in [1.165, 1.54) is 0 Å².